The minimum atomic E-state index is -1.04. The van der Waals surface area contributed by atoms with Crippen LogP contribution in [0.25, 0.3) is 0 Å². The second-order valence-corrected chi connectivity index (χ2v) is 4.45. The van der Waals surface area contributed by atoms with Crippen molar-refractivity contribution in [3.63, 3.8) is 0 Å². The summed E-state index contributed by atoms with van der Waals surface area (Å²) >= 11 is 0. The normalized spacial score (nSPS) is 21.0. The summed E-state index contributed by atoms with van der Waals surface area (Å²) in [6.07, 6.45) is -1.04. The number of aliphatic hydroxyl groups excluding tert-OH is 1. The number of carbonyl (C=O) groups excluding carboxylic acids is 1. The lowest BCUT2D eigenvalue weighted by Gasteiger charge is -2.33. The maximum atomic E-state index is 12.1. The largest absolute Gasteiger partial charge is 0.378 e. The molecule has 0 saturated carbocycles. The molecule has 1 saturated heterocycles. The minimum absolute atomic E-state index is 0. The first kappa shape index (κ1) is 15.0. The fraction of sp³-hybridized carbons (Fsp3) is 0.462. The van der Waals surface area contributed by atoms with Crippen molar-refractivity contribution in [2.24, 2.45) is 0 Å². The van der Waals surface area contributed by atoms with Crippen LogP contribution in [0.15, 0.2) is 30.3 Å². The number of carbonyl (C=O) groups is 1. The molecule has 1 heterocycles. The molecule has 2 rings (SSSR count). The number of nitrogens with one attached hydrogen (secondary N) is 1. The third kappa shape index (κ3) is 3.45. The highest BCUT2D eigenvalue weighted by Gasteiger charge is 2.26. The van der Waals surface area contributed by atoms with Crippen molar-refractivity contribution >= 4 is 18.3 Å². The highest BCUT2D eigenvalue weighted by molar-refractivity contribution is 5.85. The number of hydrogen-bond donors (Lipinski definition) is 2. The third-order valence-electron chi connectivity index (χ3n) is 3.03. The second-order valence-electron chi connectivity index (χ2n) is 4.45. The van der Waals surface area contributed by atoms with Crippen LogP contribution in [0.5, 0.6) is 0 Å². The van der Waals surface area contributed by atoms with E-state index in [1.165, 1.54) is 0 Å². The van der Waals surface area contributed by atoms with Gasteiger partial charge in [-0.3, -0.25) is 4.79 Å². The lowest BCUT2D eigenvalue weighted by Crippen LogP contribution is -2.52. The third-order valence-corrected chi connectivity index (χ3v) is 3.03. The molecule has 2 atom stereocenters. The first-order valence-corrected chi connectivity index (χ1v) is 5.93. The minimum Gasteiger partial charge on any atom is -0.378 e. The Hall–Kier alpha value is -1.10. The monoisotopic (exact) mass is 270 g/mol. The predicted molar refractivity (Wildman–Crippen MR) is 72.7 cm³/mol. The average molecular weight is 271 g/mol. The highest BCUT2D eigenvalue weighted by Crippen LogP contribution is 2.16. The van der Waals surface area contributed by atoms with Crippen LogP contribution in [0.4, 0.5) is 0 Å². The average Bonchev–Trinajstić information content (AvgIpc) is 2.38. The van der Waals surface area contributed by atoms with E-state index in [-0.39, 0.29) is 24.4 Å². The Balaban J connectivity index is 0.00000162. The molecule has 18 heavy (non-hydrogen) atoms. The van der Waals surface area contributed by atoms with Crippen LogP contribution in [-0.4, -0.2) is 41.6 Å². The SMILES string of the molecule is C[C@H]1CN(C(=O)C(O)c2ccccc2)CCN1.Cl. The molecule has 0 spiro atoms. The molecule has 1 aliphatic rings. The summed E-state index contributed by atoms with van der Waals surface area (Å²) in [6.45, 7) is 4.14. The molecule has 1 aromatic rings. The van der Waals surface area contributed by atoms with Crippen molar-refractivity contribution in [3.05, 3.63) is 35.9 Å². The topological polar surface area (TPSA) is 52.6 Å². The fourth-order valence-corrected chi connectivity index (χ4v) is 2.08. The van der Waals surface area contributed by atoms with E-state index in [4.69, 9.17) is 0 Å². The summed E-state index contributed by atoms with van der Waals surface area (Å²) < 4.78 is 0. The zero-order valence-corrected chi connectivity index (χ0v) is 11.2. The van der Waals surface area contributed by atoms with Crippen molar-refractivity contribution in [1.29, 1.82) is 0 Å². The van der Waals surface area contributed by atoms with Crippen LogP contribution < -0.4 is 5.32 Å². The van der Waals surface area contributed by atoms with E-state index >= 15 is 0 Å². The zero-order valence-electron chi connectivity index (χ0n) is 10.4. The van der Waals surface area contributed by atoms with Gasteiger partial charge < -0.3 is 15.3 Å². The number of benzene rings is 1. The van der Waals surface area contributed by atoms with Crippen LogP contribution in [0, 0.1) is 0 Å². The summed E-state index contributed by atoms with van der Waals surface area (Å²) in [6, 6.07) is 9.35. The maximum Gasteiger partial charge on any atom is 0.256 e. The van der Waals surface area contributed by atoms with Gasteiger partial charge in [0.2, 0.25) is 0 Å². The van der Waals surface area contributed by atoms with Gasteiger partial charge in [-0.2, -0.15) is 0 Å². The van der Waals surface area contributed by atoms with Crippen LogP contribution in [0.3, 0.4) is 0 Å². The van der Waals surface area contributed by atoms with Gasteiger partial charge in [0.1, 0.15) is 0 Å². The van der Waals surface area contributed by atoms with E-state index < -0.39 is 6.10 Å². The van der Waals surface area contributed by atoms with Gasteiger partial charge in [0.25, 0.3) is 5.91 Å². The number of aliphatic hydroxyl groups is 1. The van der Waals surface area contributed by atoms with Crippen molar-refractivity contribution in [1.82, 2.24) is 10.2 Å². The van der Waals surface area contributed by atoms with Gasteiger partial charge in [-0.05, 0) is 12.5 Å². The molecule has 0 radical (unpaired) electrons. The Morgan fingerprint density at radius 3 is 2.72 bits per heavy atom. The van der Waals surface area contributed by atoms with Gasteiger partial charge >= 0.3 is 0 Å². The Kier molecular flexibility index (Phi) is 5.59. The summed E-state index contributed by atoms with van der Waals surface area (Å²) in [5, 5.41) is 13.3. The van der Waals surface area contributed by atoms with E-state index in [1.807, 2.05) is 25.1 Å². The number of halogens is 1. The fourth-order valence-electron chi connectivity index (χ4n) is 2.08. The van der Waals surface area contributed by atoms with Crippen LogP contribution in [-0.2, 0) is 4.79 Å². The Morgan fingerprint density at radius 1 is 1.44 bits per heavy atom. The predicted octanol–water partition coefficient (Wildman–Crippen LogP) is 0.962. The van der Waals surface area contributed by atoms with Gasteiger partial charge in [-0.25, -0.2) is 0 Å². The quantitative estimate of drug-likeness (QED) is 0.842. The van der Waals surface area contributed by atoms with Crippen molar-refractivity contribution in [2.45, 2.75) is 19.1 Å². The molecule has 1 unspecified atom stereocenters. The van der Waals surface area contributed by atoms with E-state index in [0.29, 0.717) is 18.7 Å². The molecule has 4 nitrogen and oxygen atoms in total. The molecule has 1 aliphatic heterocycles. The number of amides is 1. The van der Waals surface area contributed by atoms with Crippen LogP contribution in [0.1, 0.15) is 18.6 Å². The smallest absolute Gasteiger partial charge is 0.256 e. The molecule has 1 aromatic carbocycles. The molecular weight excluding hydrogens is 252 g/mol. The highest BCUT2D eigenvalue weighted by atomic mass is 35.5. The number of piperazine rings is 1. The molecule has 5 heteroatoms. The molecule has 0 bridgehead atoms. The Bertz CT molecular complexity index is 386. The van der Waals surface area contributed by atoms with Gasteiger partial charge in [-0.1, -0.05) is 30.3 Å². The van der Waals surface area contributed by atoms with E-state index in [9.17, 15) is 9.90 Å². The van der Waals surface area contributed by atoms with Crippen molar-refractivity contribution in [2.75, 3.05) is 19.6 Å². The maximum absolute atomic E-state index is 12.1. The van der Waals surface area contributed by atoms with Gasteiger partial charge in [0.15, 0.2) is 6.10 Å². The second kappa shape index (κ2) is 6.73. The molecular formula is C13H19ClN2O2. The van der Waals surface area contributed by atoms with E-state index in [0.717, 1.165) is 6.54 Å². The molecule has 1 fully saturated rings. The van der Waals surface area contributed by atoms with Crippen molar-refractivity contribution < 1.29 is 9.90 Å². The molecule has 0 aliphatic carbocycles. The van der Waals surface area contributed by atoms with Crippen molar-refractivity contribution in [3.8, 4) is 0 Å². The van der Waals surface area contributed by atoms with E-state index in [2.05, 4.69) is 5.32 Å². The van der Waals surface area contributed by atoms with Crippen LogP contribution in [0.2, 0.25) is 0 Å². The molecule has 100 valence electrons. The van der Waals surface area contributed by atoms with E-state index in [1.54, 1.807) is 17.0 Å². The summed E-state index contributed by atoms with van der Waals surface area (Å²) in [4.78, 5) is 13.8. The number of hydrogen-bond acceptors (Lipinski definition) is 3. The lowest BCUT2D eigenvalue weighted by molar-refractivity contribution is -0.141. The number of nitrogens with zero attached hydrogens (tertiary/aromatic N) is 1. The Morgan fingerprint density at radius 2 is 2.11 bits per heavy atom. The Labute approximate surface area is 113 Å². The standard InChI is InChI=1S/C13H18N2O2.ClH/c1-10-9-15(8-7-14-10)13(17)12(16)11-5-3-2-4-6-11;/h2-6,10,12,14,16H,7-9H2,1H3;1H/t10-,12?;/m0./s1. The van der Waals surface area contributed by atoms with Crippen LogP contribution >= 0.6 is 12.4 Å². The number of rotatable bonds is 2. The zero-order chi connectivity index (χ0) is 12.3. The van der Waals surface area contributed by atoms with Gasteiger partial charge in [0.05, 0.1) is 0 Å². The summed E-state index contributed by atoms with van der Waals surface area (Å²) in [7, 11) is 0. The first-order valence-electron chi connectivity index (χ1n) is 5.93. The molecule has 0 aromatic heterocycles. The summed E-state index contributed by atoms with van der Waals surface area (Å²) in [5.41, 5.74) is 0.656. The lowest BCUT2D eigenvalue weighted by atomic mass is 10.1. The molecule has 2 N–H and O–H groups in total. The summed E-state index contributed by atoms with van der Waals surface area (Å²) in [5.74, 6) is -0.204. The first-order chi connectivity index (χ1) is 8.18. The molecule has 1 amide bonds. The van der Waals surface area contributed by atoms with Gasteiger partial charge in [-0.15, -0.1) is 12.4 Å². The van der Waals surface area contributed by atoms with Gasteiger partial charge in [0, 0.05) is 25.7 Å².